The number of nitriles is 1. The van der Waals surface area contributed by atoms with Crippen molar-refractivity contribution in [2.75, 3.05) is 0 Å². The van der Waals surface area contributed by atoms with Gasteiger partial charge in [-0.3, -0.25) is 13.9 Å². The van der Waals surface area contributed by atoms with Crippen LogP contribution in [0, 0.1) is 18.3 Å². The van der Waals surface area contributed by atoms with E-state index in [9.17, 15) is 14.9 Å². The van der Waals surface area contributed by atoms with Gasteiger partial charge in [-0.05, 0) is 30.7 Å². The van der Waals surface area contributed by atoms with Crippen molar-refractivity contribution < 1.29 is 0 Å². The average molecular weight is 500 g/mol. The van der Waals surface area contributed by atoms with Gasteiger partial charge in [0.15, 0.2) is 5.65 Å². The van der Waals surface area contributed by atoms with Crippen molar-refractivity contribution in [3.63, 3.8) is 0 Å². The van der Waals surface area contributed by atoms with Gasteiger partial charge in [0.05, 0.1) is 16.6 Å². The number of halogens is 1. The molecular formula is C25H18BrN5O2. The highest BCUT2D eigenvalue weighted by atomic mass is 79.9. The van der Waals surface area contributed by atoms with Gasteiger partial charge in [0, 0.05) is 46.3 Å². The van der Waals surface area contributed by atoms with Crippen LogP contribution < -0.4 is 11.2 Å². The van der Waals surface area contributed by atoms with Crippen LogP contribution in [0.4, 0.5) is 0 Å². The molecule has 5 aromatic rings. The third-order valence-electron chi connectivity index (χ3n) is 5.96. The summed E-state index contributed by atoms with van der Waals surface area (Å²) in [6, 6.07) is 17.5. The Morgan fingerprint density at radius 2 is 1.70 bits per heavy atom. The highest BCUT2D eigenvalue weighted by Gasteiger charge is 2.25. The molecule has 1 N–H and O–H groups in total. The van der Waals surface area contributed by atoms with E-state index in [4.69, 9.17) is 4.98 Å². The molecule has 162 valence electrons. The lowest BCUT2D eigenvalue weighted by Crippen LogP contribution is -2.37. The predicted octanol–water partition coefficient (Wildman–Crippen LogP) is 4.39. The maximum atomic E-state index is 13.3. The highest BCUT2D eigenvalue weighted by Crippen LogP contribution is 2.39. The number of aromatic nitrogens is 4. The lowest BCUT2D eigenvalue weighted by molar-refractivity contribution is 0.708. The minimum absolute atomic E-state index is 0.236. The number of aromatic amines is 1. The number of rotatable bonds is 2. The van der Waals surface area contributed by atoms with Crippen LogP contribution in [0.5, 0.6) is 0 Å². The molecule has 0 atom stereocenters. The zero-order valence-electron chi connectivity index (χ0n) is 18.1. The molecule has 8 heteroatoms. The first kappa shape index (κ1) is 20.9. The molecule has 0 saturated heterocycles. The quantitative estimate of drug-likeness (QED) is 0.389. The summed E-state index contributed by atoms with van der Waals surface area (Å²) in [7, 11) is 3.01. The molecule has 5 rings (SSSR count). The standard InChI is InChI=1S/C25H18BrN5O2/c1-13-19(16-6-4-5-7-18(16)28-13)22-17(12-27)20(14-8-10-15(26)11-9-14)21-23(29-22)30(2)25(33)31(3)24(21)32/h4-11,28H,1-3H3. The molecule has 0 aliphatic carbocycles. The molecule has 0 radical (unpaired) electrons. The second-order valence-electron chi connectivity index (χ2n) is 7.90. The van der Waals surface area contributed by atoms with E-state index in [2.05, 4.69) is 27.0 Å². The van der Waals surface area contributed by atoms with Gasteiger partial charge >= 0.3 is 5.69 Å². The van der Waals surface area contributed by atoms with Crippen LogP contribution in [-0.2, 0) is 14.1 Å². The third kappa shape index (κ3) is 3.04. The van der Waals surface area contributed by atoms with Crippen LogP contribution in [0.25, 0.3) is 44.3 Å². The maximum absolute atomic E-state index is 13.3. The molecule has 3 aromatic heterocycles. The number of para-hydroxylation sites is 1. The summed E-state index contributed by atoms with van der Waals surface area (Å²) < 4.78 is 3.27. The van der Waals surface area contributed by atoms with Crippen LogP contribution in [0.3, 0.4) is 0 Å². The number of pyridine rings is 1. The molecule has 0 saturated carbocycles. The lowest BCUT2D eigenvalue weighted by Gasteiger charge is -2.16. The van der Waals surface area contributed by atoms with Crippen LogP contribution in [0.15, 0.2) is 62.6 Å². The SMILES string of the molecule is Cc1[nH]c2ccccc2c1-c1nc2c(c(-c3ccc(Br)cc3)c1C#N)c(=O)n(C)c(=O)n2C. The third-order valence-corrected chi connectivity index (χ3v) is 6.49. The fourth-order valence-corrected chi connectivity index (χ4v) is 4.63. The monoisotopic (exact) mass is 499 g/mol. The lowest BCUT2D eigenvalue weighted by atomic mass is 9.93. The molecule has 7 nitrogen and oxygen atoms in total. The smallest absolute Gasteiger partial charge is 0.332 e. The number of hydrogen-bond donors (Lipinski definition) is 1. The normalized spacial score (nSPS) is 11.2. The number of fused-ring (bicyclic) bond motifs is 2. The molecule has 0 aliphatic rings. The minimum atomic E-state index is -0.489. The van der Waals surface area contributed by atoms with E-state index in [1.54, 1.807) is 7.05 Å². The average Bonchev–Trinajstić information content (AvgIpc) is 3.16. The summed E-state index contributed by atoms with van der Waals surface area (Å²) in [4.78, 5) is 34.1. The topological polar surface area (TPSA) is 96.5 Å². The van der Waals surface area contributed by atoms with Crippen molar-refractivity contribution in [1.82, 2.24) is 19.1 Å². The number of nitrogens with zero attached hydrogens (tertiary/aromatic N) is 4. The Hall–Kier alpha value is -3.96. The van der Waals surface area contributed by atoms with Crippen molar-refractivity contribution in [2.24, 2.45) is 14.1 Å². The van der Waals surface area contributed by atoms with Gasteiger partial charge in [-0.15, -0.1) is 0 Å². The Morgan fingerprint density at radius 3 is 2.39 bits per heavy atom. The first-order valence-corrected chi connectivity index (χ1v) is 11.0. The Labute approximate surface area is 196 Å². The molecular weight excluding hydrogens is 482 g/mol. The van der Waals surface area contributed by atoms with Gasteiger partial charge in [-0.2, -0.15) is 5.26 Å². The van der Waals surface area contributed by atoms with Crippen LogP contribution in [0.1, 0.15) is 11.3 Å². The summed E-state index contributed by atoms with van der Waals surface area (Å²) in [5, 5.41) is 11.5. The summed E-state index contributed by atoms with van der Waals surface area (Å²) in [5.41, 5.74) is 3.67. The second kappa shape index (κ2) is 7.57. The number of H-pyrrole nitrogens is 1. The summed E-state index contributed by atoms with van der Waals surface area (Å²) in [6.45, 7) is 1.92. The highest BCUT2D eigenvalue weighted by molar-refractivity contribution is 9.10. The maximum Gasteiger partial charge on any atom is 0.332 e. The van der Waals surface area contributed by atoms with Gasteiger partial charge in [0.2, 0.25) is 0 Å². The van der Waals surface area contributed by atoms with Gasteiger partial charge in [-0.1, -0.05) is 46.3 Å². The van der Waals surface area contributed by atoms with E-state index in [1.165, 1.54) is 11.6 Å². The number of nitrogens with one attached hydrogen (secondary N) is 1. The first-order valence-electron chi connectivity index (χ1n) is 10.2. The van der Waals surface area contributed by atoms with Gasteiger partial charge in [-0.25, -0.2) is 9.78 Å². The Balaban J connectivity index is 2.07. The molecule has 3 heterocycles. The molecule has 0 unspecified atom stereocenters. The van der Waals surface area contributed by atoms with E-state index < -0.39 is 11.2 Å². The van der Waals surface area contributed by atoms with E-state index in [-0.39, 0.29) is 16.6 Å². The molecule has 0 bridgehead atoms. The molecule has 2 aromatic carbocycles. The van der Waals surface area contributed by atoms with E-state index in [1.807, 2.05) is 55.5 Å². The number of hydrogen-bond acceptors (Lipinski definition) is 4. The van der Waals surface area contributed by atoms with Crippen LogP contribution in [0.2, 0.25) is 0 Å². The fourth-order valence-electron chi connectivity index (χ4n) is 4.37. The van der Waals surface area contributed by atoms with E-state index in [0.29, 0.717) is 16.8 Å². The van der Waals surface area contributed by atoms with Crippen molar-refractivity contribution >= 4 is 37.9 Å². The minimum Gasteiger partial charge on any atom is -0.358 e. The van der Waals surface area contributed by atoms with Crippen molar-refractivity contribution in [3.05, 3.63) is 85.1 Å². The van der Waals surface area contributed by atoms with Gasteiger partial charge in [0.1, 0.15) is 6.07 Å². The Kier molecular flexibility index (Phi) is 4.80. The number of benzene rings is 2. The molecule has 0 spiro atoms. The van der Waals surface area contributed by atoms with E-state index in [0.717, 1.165) is 31.2 Å². The largest absolute Gasteiger partial charge is 0.358 e. The van der Waals surface area contributed by atoms with Crippen LogP contribution in [-0.4, -0.2) is 19.1 Å². The Morgan fingerprint density at radius 1 is 1.00 bits per heavy atom. The van der Waals surface area contributed by atoms with Crippen LogP contribution >= 0.6 is 15.9 Å². The second-order valence-corrected chi connectivity index (χ2v) is 8.82. The zero-order valence-corrected chi connectivity index (χ0v) is 19.7. The van der Waals surface area contributed by atoms with Gasteiger partial charge in [0.25, 0.3) is 5.56 Å². The molecule has 0 aliphatic heterocycles. The van der Waals surface area contributed by atoms with E-state index >= 15 is 0 Å². The number of aryl methyl sites for hydroxylation is 2. The zero-order chi connectivity index (χ0) is 23.4. The Bertz CT molecular complexity index is 1750. The molecule has 0 amide bonds. The molecule has 33 heavy (non-hydrogen) atoms. The fraction of sp³-hybridized carbons (Fsp3) is 0.120. The van der Waals surface area contributed by atoms with Crippen molar-refractivity contribution in [2.45, 2.75) is 6.92 Å². The summed E-state index contributed by atoms with van der Waals surface area (Å²) in [6.07, 6.45) is 0. The predicted molar refractivity (Wildman–Crippen MR) is 132 cm³/mol. The first-order chi connectivity index (χ1) is 15.8. The van der Waals surface area contributed by atoms with Crippen molar-refractivity contribution in [3.8, 4) is 28.5 Å². The van der Waals surface area contributed by atoms with Crippen molar-refractivity contribution in [1.29, 1.82) is 5.26 Å². The summed E-state index contributed by atoms with van der Waals surface area (Å²) >= 11 is 3.44. The molecule has 0 fully saturated rings. The summed E-state index contributed by atoms with van der Waals surface area (Å²) in [5.74, 6) is 0. The van der Waals surface area contributed by atoms with Gasteiger partial charge < -0.3 is 4.98 Å².